The zero-order valence-corrected chi connectivity index (χ0v) is 13.2. The molecule has 0 aromatic heterocycles. The van der Waals surface area contributed by atoms with E-state index in [0.29, 0.717) is 6.42 Å². The van der Waals surface area contributed by atoms with Crippen molar-refractivity contribution in [1.82, 2.24) is 10.2 Å². The van der Waals surface area contributed by atoms with Crippen molar-refractivity contribution < 1.29 is 9.59 Å². The first-order valence-electron chi connectivity index (χ1n) is 7.36. The lowest BCUT2D eigenvalue weighted by Crippen LogP contribution is -2.65. The molecule has 5 heteroatoms. The van der Waals surface area contributed by atoms with Crippen LogP contribution >= 0.6 is 11.8 Å². The number of β-lactam (4-membered cyclic amide) rings is 1. The lowest BCUT2D eigenvalue weighted by molar-refractivity contribution is -0.142. The molecule has 0 aromatic carbocycles. The summed E-state index contributed by atoms with van der Waals surface area (Å²) in [6.07, 6.45) is 5.89. The summed E-state index contributed by atoms with van der Waals surface area (Å²) < 4.78 is -0.0361. The fourth-order valence-corrected chi connectivity index (χ4v) is 4.21. The Morgan fingerprint density at radius 1 is 1.35 bits per heavy atom. The van der Waals surface area contributed by atoms with Gasteiger partial charge < -0.3 is 10.1 Å². The van der Waals surface area contributed by atoms with E-state index in [0.717, 1.165) is 44.2 Å². The molecule has 0 unspecified atom stereocenters. The van der Waals surface area contributed by atoms with Gasteiger partial charge in [-0.3, -0.25) is 9.69 Å². The molecule has 4 nitrogen and oxygen atoms in total. The Balaban J connectivity index is 1.67. The van der Waals surface area contributed by atoms with E-state index in [9.17, 15) is 9.59 Å². The van der Waals surface area contributed by atoms with E-state index in [-0.39, 0.29) is 22.1 Å². The molecule has 2 heterocycles. The second-order valence-corrected chi connectivity index (χ2v) is 7.71. The third kappa shape index (κ3) is 2.93. The number of amides is 1. The number of carbonyl (C=O) groups excluding carboxylic acids is 2. The molecular formula is C15H24N2O2S. The maximum atomic E-state index is 12.1. The number of fused-ring (bicyclic) bond motifs is 1. The van der Waals surface area contributed by atoms with Gasteiger partial charge in [-0.05, 0) is 33.2 Å². The Morgan fingerprint density at radius 2 is 2.05 bits per heavy atom. The molecule has 20 heavy (non-hydrogen) atoms. The molecule has 0 bridgehead atoms. The van der Waals surface area contributed by atoms with Crippen molar-refractivity contribution in [2.45, 2.75) is 62.1 Å². The van der Waals surface area contributed by atoms with Crippen molar-refractivity contribution in [2.24, 2.45) is 0 Å². The van der Waals surface area contributed by atoms with Gasteiger partial charge in [0.2, 0.25) is 5.91 Å². The number of hydrogen-bond donors (Lipinski definition) is 1. The lowest BCUT2D eigenvalue weighted by Gasteiger charge is -2.42. The highest BCUT2D eigenvalue weighted by Crippen LogP contribution is 2.52. The van der Waals surface area contributed by atoms with Crippen LogP contribution in [-0.4, -0.2) is 39.8 Å². The average Bonchev–Trinajstić information content (AvgIpc) is 2.61. The first-order valence-corrected chi connectivity index (χ1v) is 8.24. The van der Waals surface area contributed by atoms with Gasteiger partial charge in [0, 0.05) is 12.1 Å². The van der Waals surface area contributed by atoms with Crippen molar-refractivity contribution in [2.75, 3.05) is 6.54 Å². The Hall–Kier alpha value is -0.810. The third-order valence-corrected chi connectivity index (χ3v) is 5.61. The summed E-state index contributed by atoms with van der Waals surface area (Å²) in [5.74, 6) is 0.166. The summed E-state index contributed by atoms with van der Waals surface area (Å²) in [5, 5.41) is 3.59. The van der Waals surface area contributed by atoms with Crippen LogP contribution in [0, 0.1) is 0 Å². The lowest BCUT2D eigenvalue weighted by atomic mass is 10.0. The van der Waals surface area contributed by atoms with Crippen LogP contribution in [0.1, 0.15) is 46.0 Å². The number of unbranched alkanes of at least 4 members (excludes halogenated alkanes) is 4. The molecule has 2 fully saturated rings. The molecule has 0 saturated carbocycles. The number of carbonyl (C=O) groups is 2. The van der Waals surface area contributed by atoms with Gasteiger partial charge in [-0.2, -0.15) is 0 Å². The first-order chi connectivity index (χ1) is 9.49. The highest BCUT2D eigenvalue weighted by Gasteiger charge is 2.57. The number of nitrogens with zero attached hydrogens (tertiary/aromatic N) is 1. The summed E-state index contributed by atoms with van der Waals surface area (Å²) in [5.41, 5.74) is 0.935. The zero-order chi connectivity index (χ0) is 14.8. The van der Waals surface area contributed by atoms with Crippen LogP contribution in [0.25, 0.3) is 0 Å². The van der Waals surface area contributed by atoms with Gasteiger partial charge in [0.25, 0.3) is 0 Å². The molecule has 112 valence electrons. The summed E-state index contributed by atoms with van der Waals surface area (Å²) >= 11 is 1.82. The number of rotatable bonds is 8. The summed E-state index contributed by atoms with van der Waals surface area (Å²) in [6.45, 7) is 9.15. The average molecular weight is 296 g/mol. The standard InChI is InChI=1S/C15H24N2O2S/c1-11-15(2,3)20-14-12(13(19)17(11)14)16-9-7-5-4-6-8-10-18/h10,12,14,16H,1,4-9H2,2-3H3/t12-,14-/m1/s1. The number of nitrogens with one attached hydrogen (secondary N) is 1. The molecule has 1 N–H and O–H groups in total. The molecular weight excluding hydrogens is 272 g/mol. The second kappa shape index (κ2) is 6.31. The Morgan fingerprint density at radius 3 is 2.75 bits per heavy atom. The summed E-state index contributed by atoms with van der Waals surface area (Å²) in [6, 6.07) is -0.0477. The molecule has 1 amide bonds. The fourth-order valence-electron chi connectivity index (χ4n) is 2.68. The van der Waals surface area contributed by atoms with Gasteiger partial charge in [0.1, 0.15) is 17.7 Å². The van der Waals surface area contributed by atoms with E-state index in [1.807, 2.05) is 16.7 Å². The van der Waals surface area contributed by atoms with E-state index in [2.05, 4.69) is 25.7 Å². The minimum absolute atomic E-state index is 0.0361. The van der Waals surface area contributed by atoms with Crippen molar-refractivity contribution >= 4 is 24.0 Å². The monoisotopic (exact) mass is 296 g/mol. The molecule has 2 atom stereocenters. The maximum absolute atomic E-state index is 12.1. The third-order valence-electron chi connectivity index (χ3n) is 4.06. The topological polar surface area (TPSA) is 49.4 Å². The first kappa shape index (κ1) is 15.6. The molecule has 0 aliphatic carbocycles. The van der Waals surface area contributed by atoms with Crippen LogP contribution in [0.3, 0.4) is 0 Å². The summed E-state index contributed by atoms with van der Waals surface area (Å²) in [7, 11) is 0. The molecule has 0 aromatic rings. The van der Waals surface area contributed by atoms with Crippen LogP contribution < -0.4 is 5.32 Å². The maximum Gasteiger partial charge on any atom is 0.247 e. The van der Waals surface area contributed by atoms with Crippen LogP contribution in [-0.2, 0) is 9.59 Å². The molecule has 2 rings (SSSR count). The van der Waals surface area contributed by atoms with Gasteiger partial charge in [-0.25, -0.2) is 0 Å². The van der Waals surface area contributed by atoms with Gasteiger partial charge in [0.15, 0.2) is 0 Å². The zero-order valence-electron chi connectivity index (χ0n) is 12.4. The van der Waals surface area contributed by atoms with E-state index < -0.39 is 0 Å². The minimum Gasteiger partial charge on any atom is -0.303 e. The number of aldehydes is 1. The predicted molar refractivity (Wildman–Crippen MR) is 82.4 cm³/mol. The number of thioether (sulfide) groups is 1. The van der Waals surface area contributed by atoms with Crippen LogP contribution in [0.4, 0.5) is 0 Å². The molecule has 2 aliphatic rings. The van der Waals surface area contributed by atoms with E-state index in [1.54, 1.807) is 0 Å². The van der Waals surface area contributed by atoms with Crippen LogP contribution in [0.2, 0.25) is 0 Å². The molecule has 0 radical (unpaired) electrons. The fraction of sp³-hybridized carbons (Fsp3) is 0.733. The predicted octanol–water partition coefficient (Wildman–Crippen LogP) is 2.30. The van der Waals surface area contributed by atoms with Crippen molar-refractivity contribution in [3.8, 4) is 0 Å². The quantitative estimate of drug-likeness (QED) is 0.424. The smallest absolute Gasteiger partial charge is 0.247 e. The van der Waals surface area contributed by atoms with Crippen molar-refractivity contribution in [3.05, 3.63) is 12.3 Å². The highest BCUT2D eigenvalue weighted by atomic mass is 32.2. The summed E-state index contributed by atoms with van der Waals surface area (Å²) in [4.78, 5) is 24.1. The SMILES string of the molecule is C=C1N2C(=O)[C@@H](NCCCCCCC=O)[C@H]2SC1(C)C. The van der Waals surface area contributed by atoms with Gasteiger partial charge in [-0.1, -0.05) is 19.4 Å². The molecule has 0 spiro atoms. The van der Waals surface area contributed by atoms with Crippen LogP contribution in [0.15, 0.2) is 12.3 Å². The van der Waals surface area contributed by atoms with Gasteiger partial charge >= 0.3 is 0 Å². The Bertz CT molecular complexity index is 409. The molecule has 2 aliphatic heterocycles. The number of hydrogen-bond acceptors (Lipinski definition) is 4. The normalized spacial score (nSPS) is 27.4. The largest absolute Gasteiger partial charge is 0.303 e. The minimum atomic E-state index is -0.0477. The van der Waals surface area contributed by atoms with Crippen molar-refractivity contribution in [1.29, 1.82) is 0 Å². The van der Waals surface area contributed by atoms with Gasteiger partial charge in [0.05, 0.1) is 4.75 Å². The van der Waals surface area contributed by atoms with E-state index in [4.69, 9.17) is 0 Å². The highest BCUT2D eigenvalue weighted by molar-refractivity contribution is 8.01. The Kier molecular flexibility index (Phi) is 4.91. The molecule has 2 saturated heterocycles. The van der Waals surface area contributed by atoms with Crippen molar-refractivity contribution in [3.63, 3.8) is 0 Å². The van der Waals surface area contributed by atoms with Crippen LogP contribution in [0.5, 0.6) is 0 Å². The van der Waals surface area contributed by atoms with Gasteiger partial charge in [-0.15, -0.1) is 11.8 Å². The van der Waals surface area contributed by atoms with E-state index in [1.165, 1.54) is 0 Å². The second-order valence-electron chi connectivity index (χ2n) is 5.98. The van der Waals surface area contributed by atoms with E-state index >= 15 is 0 Å². The Labute approximate surface area is 125 Å².